The summed E-state index contributed by atoms with van der Waals surface area (Å²) >= 11 is 0. The van der Waals surface area contributed by atoms with Crippen molar-refractivity contribution in [3.63, 3.8) is 0 Å². The van der Waals surface area contributed by atoms with Crippen LogP contribution in [0.2, 0.25) is 0 Å². The number of carbonyl (C=O) groups is 1. The molecule has 1 N–H and O–H groups in total. The lowest BCUT2D eigenvalue weighted by Gasteiger charge is -2.17. The molecule has 1 aromatic heterocycles. The van der Waals surface area contributed by atoms with E-state index >= 15 is 0 Å². The van der Waals surface area contributed by atoms with E-state index in [0.29, 0.717) is 30.4 Å². The molecule has 1 heterocycles. The Kier molecular flexibility index (Phi) is 5.25. The van der Waals surface area contributed by atoms with Crippen LogP contribution in [0.15, 0.2) is 49.1 Å². The molecule has 0 aliphatic rings. The summed E-state index contributed by atoms with van der Waals surface area (Å²) in [6, 6.07) is 11.5. The largest absolute Gasteiger partial charge is 0.366 e. The molecule has 0 aliphatic carbocycles. The van der Waals surface area contributed by atoms with Gasteiger partial charge < -0.3 is 10.2 Å². The van der Waals surface area contributed by atoms with Crippen LogP contribution >= 0.6 is 0 Å². The molecule has 2 aromatic rings. The second-order valence-corrected chi connectivity index (χ2v) is 5.00. The summed E-state index contributed by atoms with van der Waals surface area (Å²) in [5.41, 5.74) is 1.46. The van der Waals surface area contributed by atoms with Crippen molar-refractivity contribution in [1.82, 2.24) is 14.9 Å². The maximum absolute atomic E-state index is 12.5. The fraction of sp³-hybridized carbons (Fsp3) is 0.235. The van der Waals surface area contributed by atoms with Crippen molar-refractivity contribution in [3.05, 3.63) is 66.1 Å². The first-order valence-electron chi connectivity index (χ1n) is 7.10. The number of hydrogen-bond donors (Lipinski definition) is 1. The molecule has 0 unspecified atom stereocenters. The van der Waals surface area contributed by atoms with Gasteiger partial charge in [-0.3, -0.25) is 4.79 Å². The quantitative estimate of drug-likeness (QED) is 0.833. The van der Waals surface area contributed by atoms with Gasteiger partial charge in [-0.25, -0.2) is 9.97 Å². The lowest BCUT2D eigenvalue weighted by Crippen LogP contribution is -2.27. The van der Waals surface area contributed by atoms with Crippen molar-refractivity contribution < 1.29 is 4.79 Å². The number of nitrogens with zero attached hydrogens (tertiary/aromatic N) is 3. The fourth-order valence-corrected chi connectivity index (χ4v) is 2.07. The summed E-state index contributed by atoms with van der Waals surface area (Å²) in [4.78, 5) is 22.7. The van der Waals surface area contributed by atoms with Crippen molar-refractivity contribution in [2.45, 2.75) is 13.5 Å². The summed E-state index contributed by atoms with van der Waals surface area (Å²) in [5.74, 6) is 1.06. The zero-order valence-corrected chi connectivity index (χ0v) is 12.9. The minimum atomic E-state index is -0.129. The highest BCUT2D eigenvalue weighted by molar-refractivity contribution is 5.92. The fourth-order valence-electron chi connectivity index (χ4n) is 2.07. The number of aromatic nitrogens is 2. The number of benzene rings is 1. The minimum absolute atomic E-state index is 0.129. The highest BCUT2D eigenvalue weighted by atomic mass is 16.2. The van der Waals surface area contributed by atoms with Gasteiger partial charge in [0.1, 0.15) is 17.3 Å². The molecule has 0 bridgehead atoms. The Bertz CT molecular complexity index is 655. The van der Waals surface area contributed by atoms with E-state index < -0.39 is 0 Å². The summed E-state index contributed by atoms with van der Waals surface area (Å²) in [5, 5.41) is 3.08. The smallest absolute Gasteiger partial charge is 0.272 e. The van der Waals surface area contributed by atoms with Crippen LogP contribution in [0.3, 0.4) is 0 Å². The van der Waals surface area contributed by atoms with Gasteiger partial charge in [0.25, 0.3) is 5.91 Å². The molecule has 114 valence electrons. The monoisotopic (exact) mass is 296 g/mol. The van der Waals surface area contributed by atoms with Crippen LogP contribution in [0.5, 0.6) is 0 Å². The number of carbonyl (C=O) groups excluding carboxylic acids is 1. The number of aryl methyl sites for hydroxylation is 1. The first-order valence-corrected chi connectivity index (χ1v) is 7.10. The van der Waals surface area contributed by atoms with Gasteiger partial charge in [0.2, 0.25) is 0 Å². The standard InChI is InChI=1S/C17H20N4O/c1-4-10-18-16-11-15(19-13(2)20-16)17(22)21(3)12-14-8-6-5-7-9-14/h4-9,11H,1,10,12H2,2-3H3,(H,18,19,20). The lowest BCUT2D eigenvalue weighted by molar-refractivity contribution is 0.0779. The van der Waals surface area contributed by atoms with E-state index in [4.69, 9.17) is 0 Å². The molecule has 5 nitrogen and oxygen atoms in total. The van der Waals surface area contributed by atoms with Crippen molar-refractivity contribution in [2.75, 3.05) is 18.9 Å². The molecule has 22 heavy (non-hydrogen) atoms. The van der Waals surface area contributed by atoms with E-state index in [2.05, 4.69) is 21.9 Å². The third-order valence-electron chi connectivity index (χ3n) is 3.09. The van der Waals surface area contributed by atoms with Crippen LogP contribution in [-0.2, 0) is 6.54 Å². The van der Waals surface area contributed by atoms with Crippen LogP contribution in [0.1, 0.15) is 21.9 Å². The Balaban J connectivity index is 2.14. The van der Waals surface area contributed by atoms with Crippen molar-refractivity contribution in [1.29, 1.82) is 0 Å². The summed E-state index contributed by atoms with van der Waals surface area (Å²) in [6.07, 6.45) is 1.74. The molecule has 1 amide bonds. The van der Waals surface area contributed by atoms with E-state index in [9.17, 15) is 4.79 Å². The second kappa shape index (κ2) is 7.36. The Morgan fingerprint density at radius 2 is 2.05 bits per heavy atom. The first kappa shape index (κ1) is 15.7. The highest BCUT2D eigenvalue weighted by Gasteiger charge is 2.15. The van der Waals surface area contributed by atoms with Gasteiger partial charge in [0, 0.05) is 26.2 Å². The van der Waals surface area contributed by atoms with Gasteiger partial charge in [-0.05, 0) is 12.5 Å². The first-order chi connectivity index (χ1) is 10.6. The Labute approximate surface area is 130 Å². The Morgan fingerprint density at radius 3 is 2.73 bits per heavy atom. The summed E-state index contributed by atoms with van der Waals surface area (Å²) in [7, 11) is 1.77. The predicted octanol–water partition coefficient (Wildman–Crippen LogP) is 2.66. The summed E-state index contributed by atoms with van der Waals surface area (Å²) < 4.78 is 0. The van der Waals surface area contributed by atoms with E-state index in [-0.39, 0.29) is 5.91 Å². The van der Waals surface area contributed by atoms with Gasteiger partial charge >= 0.3 is 0 Å². The molecule has 0 spiro atoms. The Hall–Kier alpha value is -2.69. The third kappa shape index (κ3) is 4.15. The normalized spacial score (nSPS) is 10.1. The zero-order chi connectivity index (χ0) is 15.9. The van der Waals surface area contributed by atoms with Crippen LogP contribution in [0.4, 0.5) is 5.82 Å². The minimum Gasteiger partial charge on any atom is -0.366 e. The third-order valence-corrected chi connectivity index (χ3v) is 3.09. The topological polar surface area (TPSA) is 58.1 Å². The van der Waals surface area contributed by atoms with Crippen LogP contribution in [0.25, 0.3) is 0 Å². The van der Waals surface area contributed by atoms with E-state index in [1.807, 2.05) is 30.3 Å². The van der Waals surface area contributed by atoms with Crippen molar-refractivity contribution in [2.24, 2.45) is 0 Å². The average molecular weight is 296 g/mol. The van der Waals surface area contributed by atoms with Gasteiger partial charge in [-0.2, -0.15) is 0 Å². The average Bonchev–Trinajstić information content (AvgIpc) is 2.52. The van der Waals surface area contributed by atoms with Gasteiger partial charge in [0.05, 0.1) is 0 Å². The molecular weight excluding hydrogens is 276 g/mol. The summed E-state index contributed by atoms with van der Waals surface area (Å²) in [6.45, 7) is 6.55. The van der Waals surface area contributed by atoms with E-state index in [0.717, 1.165) is 5.56 Å². The zero-order valence-electron chi connectivity index (χ0n) is 12.9. The SMILES string of the molecule is C=CCNc1cc(C(=O)N(C)Cc2ccccc2)nc(C)n1. The molecule has 5 heteroatoms. The lowest BCUT2D eigenvalue weighted by atomic mass is 10.2. The molecule has 0 radical (unpaired) electrons. The van der Waals surface area contributed by atoms with Crippen molar-refractivity contribution in [3.8, 4) is 0 Å². The molecule has 0 aliphatic heterocycles. The molecule has 0 saturated carbocycles. The predicted molar refractivity (Wildman–Crippen MR) is 87.7 cm³/mol. The molecule has 0 fully saturated rings. The number of rotatable bonds is 6. The second-order valence-electron chi connectivity index (χ2n) is 5.00. The number of nitrogens with one attached hydrogen (secondary N) is 1. The molecule has 0 atom stereocenters. The number of hydrogen-bond acceptors (Lipinski definition) is 4. The number of anilines is 1. The molecule has 0 saturated heterocycles. The molecular formula is C17H20N4O. The molecule has 1 aromatic carbocycles. The van der Waals surface area contributed by atoms with Crippen LogP contribution < -0.4 is 5.32 Å². The van der Waals surface area contributed by atoms with Gasteiger partial charge in [0.15, 0.2) is 0 Å². The van der Waals surface area contributed by atoms with Crippen molar-refractivity contribution >= 4 is 11.7 Å². The van der Waals surface area contributed by atoms with Gasteiger partial charge in [-0.15, -0.1) is 6.58 Å². The molecule has 2 rings (SSSR count). The maximum atomic E-state index is 12.5. The van der Waals surface area contributed by atoms with E-state index in [1.54, 1.807) is 31.0 Å². The maximum Gasteiger partial charge on any atom is 0.272 e. The van der Waals surface area contributed by atoms with Gasteiger partial charge in [-0.1, -0.05) is 36.4 Å². The van der Waals surface area contributed by atoms with Crippen LogP contribution in [-0.4, -0.2) is 34.4 Å². The number of amides is 1. The highest BCUT2D eigenvalue weighted by Crippen LogP contribution is 2.11. The Morgan fingerprint density at radius 1 is 1.32 bits per heavy atom. The van der Waals surface area contributed by atoms with E-state index in [1.165, 1.54) is 0 Å². The van der Waals surface area contributed by atoms with Crippen LogP contribution in [0, 0.1) is 6.92 Å².